The van der Waals surface area contributed by atoms with Crippen LogP contribution in [0.15, 0.2) is 66.1 Å². The molecule has 7 rings (SSSR count). The predicted molar refractivity (Wildman–Crippen MR) is 131 cm³/mol. The van der Waals surface area contributed by atoms with Crippen molar-refractivity contribution < 1.29 is 0 Å². The highest BCUT2D eigenvalue weighted by molar-refractivity contribution is 5.85. The molecular weight excluding hydrogens is 424 g/mol. The lowest BCUT2D eigenvalue weighted by atomic mass is 10.1. The molecule has 7 nitrogen and oxygen atoms in total. The number of aromatic nitrogens is 6. The second-order valence-corrected chi connectivity index (χ2v) is 9.41. The van der Waals surface area contributed by atoms with Crippen molar-refractivity contribution in [3.05, 3.63) is 88.6 Å². The van der Waals surface area contributed by atoms with Crippen molar-refractivity contribution in [1.82, 2.24) is 28.7 Å². The number of hydrogen-bond acceptors (Lipinski definition) is 4. The van der Waals surface area contributed by atoms with E-state index in [9.17, 15) is 4.79 Å². The third-order valence-electron chi connectivity index (χ3n) is 7.06. The van der Waals surface area contributed by atoms with E-state index >= 15 is 0 Å². The van der Waals surface area contributed by atoms with Crippen LogP contribution < -0.4 is 5.56 Å². The normalized spacial score (nSPS) is 15.2. The van der Waals surface area contributed by atoms with Gasteiger partial charge in [-0.25, -0.2) is 15.0 Å². The smallest absolute Gasteiger partial charge is 0.264 e. The van der Waals surface area contributed by atoms with Gasteiger partial charge in [0.25, 0.3) is 5.56 Å². The van der Waals surface area contributed by atoms with Crippen molar-refractivity contribution in [3.8, 4) is 23.0 Å². The highest BCUT2D eigenvalue weighted by Gasteiger charge is 2.26. The first-order chi connectivity index (χ1) is 16.7. The molecule has 34 heavy (non-hydrogen) atoms. The molecule has 5 aromatic rings. The number of rotatable bonds is 4. The zero-order valence-corrected chi connectivity index (χ0v) is 19.0. The molecule has 168 valence electrons. The second kappa shape index (κ2) is 7.25. The molecule has 7 heteroatoms. The summed E-state index contributed by atoms with van der Waals surface area (Å²) in [5.74, 6) is 2.06. The minimum atomic E-state index is -0.0840. The summed E-state index contributed by atoms with van der Waals surface area (Å²) in [6.45, 7) is 3.04. The quantitative estimate of drug-likeness (QED) is 0.404. The molecule has 1 aromatic carbocycles. The molecule has 0 spiro atoms. The van der Waals surface area contributed by atoms with Crippen LogP contribution in [-0.2, 0) is 13.0 Å². The fourth-order valence-corrected chi connectivity index (χ4v) is 5.08. The van der Waals surface area contributed by atoms with Gasteiger partial charge in [-0.3, -0.25) is 9.36 Å². The largest absolute Gasteiger partial charge is 0.327 e. The van der Waals surface area contributed by atoms with Crippen LogP contribution >= 0.6 is 0 Å². The van der Waals surface area contributed by atoms with E-state index in [-0.39, 0.29) is 5.56 Å². The van der Waals surface area contributed by atoms with E-state index in [4.69, 9.17) is 4.98 Å². The first kappa shape index (κ1) is 19.5. The molecule has 0 saturated heterocycles. The molecule has 0 atom stereocenters. The molecular formula is C27H24N6O. The highest BCUT2D eigenvalue weighted by atomic mass is 16.1. The fraction of sp³-hybridized carbons (Fsp3) is 0.259. The lowest BCUT2D eigenvalue weighted by molar-refractivity contribution is 0.746. The average molecular weight is 449 g/mol. The van der Waals surface area contributed by atoms with Crippen LogP contribution in [0, 0.1) is 6.92 Å². The summed E-state index contributed by atoms with van der Waals surface area (Å²) in [7, 11) is 0. The van der Waals surface area contributed by atoms with Gasteiger partial charge in [0.15, 0.2) is 5.82 Å². The molecule has 0 amide bonds. The zero-order valence-electron chi connectivity index (χ0n) is 19.0. The van der Waals surface area contributed by atoms with Gasteiger partial charge in [-0.2, -0.15) is 0 Å². The number of benzene rings is 1. The number of nitrogens with zero attached hydrogens (tertiary/aromatic N) is 6. The van der Waals surface area contributed by atoms with Gasteiger partial charge in [0, 0.05) is 42.1 Å². The summed E-state index contributed by atoms with van der Waals surface area (Å²) in [4.78, 5) is 27.6. The third kappa shape index (κ3) is 3.04. The van der Waals surface area contributed by atoms with E-state index < -0.39 is 0 Å². The minimum Gasteiger partial charge on any atom is -0.327 e. The number of hydrogen-bond donors (Lipinski definition) is 0. The summed E-state index contributed by atoms with van der Waals surface area (Å²) >= 11 is 0. The van der Waals surface area contributed by atoms with Crippen LogP contribution in [0.3, 0.4) is 0 Å². The second-order valence-electron chi connectivity index (χ2n) is 9.41. The van der Waals surface area contributed by atoms with Gasteiger partial charge in [-0.15, -0.1) is 0 Å². The van der Waals surface area contributed by atoms with E-state index in [0.29, 0.717) is 17.1 Å². The monoisotopic (exact) mass is 448 g/mol. The van der Waals surface area contributed by atoms with Gasteiger partial charge >= 0.3 is 0 Å². The van der Waals surface area contributed by atoms with Crippen LogP contribution in [-0.4, -0.2) is 28.7 Å². The van der Waals surface area contributed by atoms with Crippen molar-refractivity contribution in [2.75, 3.05) is 0 Å². The Balaban J connectivity index is 1.33. The maximum atomic E-state index is 13.6. The van der Waals surface area contributed by atoms with Crippen molar-refractivity contribution in [1.29, 1.82) is 0 Å². The Morgan fingerprint density at radius 1 is 1.09 bits per heavy atom. The van der Waals surface area contributed by atoms with Gasteiger partial charge in [-0.1, -0.05) is 6.07 Å². The first-order valence-corrected chi connectivity index (χ1v) is 11.9. The van der Waals surface area contributed by atoms with Gasteiger partial charge in [-0.05, 0) is 73.9 Å². The first-order valence-electron chi connectivity index (χ1n) is 11.9. The zero-order chi connectivity index (χ0) is 22.8. The molecule has 0 bridgehead atoms. The Morgan fingerprint density at radius 3 is 2.88 bits per heavy atom. The maximum absolute atomic E-state index is 13.6. The van der Waals surface area contributed by atoms with E-state index in [2.05, 4.69) is 33.7 Å². The highest BCUT2D eigenvalue weighted by Crippen LogP contribution is 2.39. The summed E-state index contributed by atoms with van der Waals surface area (Å²) in [5, 5.41) is 1.59. The van der Waals surface area contributed by atoms with E-state index in [0.717, 1.165) is 53.2 Å². The number of fused-ring (bicyclic) bond motifs is 2. The van der Waals surface area contributed by atoms with Crippen LogP contribution in [0.5, 0.6) is 0 Å². The summed E-state index contributed by atoms with van der Waals surface area (Å²) < 4.78 is 5.89. The lowest BCUT2D eigenvalue weighted by Gasteiger charge is -2.12. The predicted octanol–water partition coefficient (Wildman–Crippen LogP) is 4.57. The summed E-state index contributed by atoms with van der Waals surface area (Å²) in [6.07, 6.45) is 12.3. The number of imidazole rings is 2. The molecule has 1 saturated carbocycles. The van der Waals surface area contributed by atoms with E-state index in [1.54, 1.807) is 4.57 Å². The van der Waals surface area contributed by atoms with Gasteiger partial charge in [0.05, 0.1) is 17.7 Å². The third-order valence-corrected chi connectivity index (χ3v) is 7.06. The van der Waals surface area contributed by atoms with Crippen LogP contribution in [0.1, 0.15) is 42.1 Å². The molecule has 0 unspecified atom stereocenters. The fourth-order valence-electron chi connectivity index (χ4n) is 5.08. The number of aryl methyl sites for hydroxylation is 2. The molecule has 0 N–H and O–H groups in total. The van der Waals surface area contributed by atoms with Crippen molar-refractivity contribution in [3.63, 3.8) is 0 Å². The molecule has 1 aliphatic carbocycles. The molecule has 1 fully saturated rings. The standard InChI is InChI=1S/C27H24N6O/c1-17-12-19-9-11-33(25-6-2-5-22(30-25)26-28-14-20-4-3-10-32(20)26)27(34)21(19)13-24(17)31-15-23(29-16-31)18-7-8-18/h2,5-6,9,11-16,18H,3-4,7-8,10H2,1H3. The molecule has 2 aliphatic rings. The Kier molecular flexibility index (Phi) is 4.15. The number of pyridine rings is 2. The van der Waals surface area contributed by atoms with Gasteiger partial charge in [0.1, 0.15) is 11.5 Å². The van der Waals surface area contributed by atoms with Crippen molar-refractivity contribution >= 4 is 10.8 Å². The van der Waals surface area contributed by atoms with Crippen LogP contribution in [0.25, 0.3) is 33.8 Å². The Hall–Kier alpha value is -4.00. The summed E-state index contributed by atoms with van der Waals surface area (Å²) in [6, 6.07) is 11.8. The van der Waals surface area contributed by atoms with E-state index in [1.807, 2.05) is 53.6 Å². The van der Waals surface area contributed by atoms with Gasteiger partial charge in [0.2, 0.25) is 0 Å². The maximum Gasteiger partial charge on any atom is 0.264 e. The lowest BCUT2D eigenvalue weighted by Crippen LogP contribution is -2.19. The van der Waals surface area contributed by atoms with Crippen LogP contribution in [0.2, 0.25) is 0 Å². The van der Waals surface area contributed by atoms with E-state index in [1.165, 1.54) is 18.5 Å². The van der Waals surface area contributed by atoms with Gasteiger partial charge < -0.3 is 9.13 Å². The average Bonchev–Trinajstić information content (AvgIpc) is 3.22. The Labute approximate surface area is 196 Å². The Bertz CT molecular complexity index is 1630. The molecule has 4 aromatic heterocycles. The molecule has 1 aliphatic heterocycles. The summed E-state index contributed by atoms with van der Waals surface area (Å²) in [5.41, 5.74) is 5.18. The Morgan fingerprint density at radius 2 is 2.00 bits per heavy atom. The SMILES string of the molecule is Cc1cc2ccn(-c3cccc(-c4ncc5n4CCC5)n3)c(=O)c2cc1-n1cnc(C2CC2)c1. The minimum absolute atomic E-state index is 0.0840. The molecule has 0 radical (unpaired) electrons. The van der Waals surface area contributed by atoms with Crippen molar-refractivity contribution in [2.45, 2.75) is 45.1 Å². The van der Waals surface area contributed by atoms with Crippen LogP contribution in [0.4, 0.5) is 0 Å². The van der Waals surface area contributed by atoms with Crippen molar-refractivity contribution in [2.24, 2.45) is 0 Å². The topological polar surface area (TPSA) is 70.5 Å². The molecule has 5 heterocycles.